The van der Waals surface area contributed by atoms with Crippen molar-refractivity contribution in [3.05, 3.63) is 35.9 Å². The molecule has 2 N–H and O–H groups in total. The van der Waals surface area contributed by atoms with E-state index in [-0.39, 0.29) is 5.41 Å². The molecule has 0 spiro atoms. The fraction of sp³-hybridized carbons (Fsp3) is 0.611. The lowest BCUT2D eigenvalue weighted by Gasteiger charge is -2.20. The number of hydrogen-bond donors (Lipinski definition) is 2. The van der Waals surface area contributed by atoms with Gasteiger partial charge in [0.05, 0.1) is 6.54 Å². The molecule has 1 aliphatic rings. The summed E-state index contributed by atoms with van der Waals surface area (Å²) < 4.78 is 36.8. The Morgan fingerprint density at radius 3 is 2.44 bits per heavy atom. The van der Waals surface area contributed by atoms with E-state index in [4.69, 9.17) is 0 Å². The Kier molecular flexibility index (Phi) is 6.70. The Labute approximate surface area is 147 Å². The lowest BCUT2D eigenvalue weighted by molar-refractivity contribution is -0.143. The first kappa shape index (κ1) is 19.6. The molecule has 1 aliphatic carbocycles. The minimum atomic E-state index is -4.14. The van der Waals surface area contributed by atoms with E-state index in [1.54, 1.807) is 7.05 Å². The number of nitrogens with zero attached hydrogens (tertiary/aromatic N) is 2. The highest BCUT2D eigenvalue weighted by Crippen LogP contribution is 2.47. The largest absolute Gasteiger partial charge is 0.401 e. The number of benzene rings is 1. The van der Waals surface area contributed by atoms with Crippen LogP contribution in [0.3, 0.4) is 0 Å². The first-order valence-corrected chi connectivity index (χ1v) is 8.60. The minimum Gasteiger partial charge on any atom is -0.356 e. The van der Waals surface area contributed by atoms with Gasteiger partial charge in [-0.25, -0.2) is 0 Å². The molecular formula is C18H27F3N4. The number of alkyl halides is 3. The van der Waals surface area contributed by atoms with Gasteiger partial charge < -0.3 is 10.6 Å². The van der Waals surface area contributed by atoms with E-state index in [2.05, 4.69) is 39.9 Å². The molecule has 25 heavy (non-hydrogen) atoms. The van der Waals surface area contributed by atoms with Crippen LogP contribution in [-0.2, 0) is 5.41 Å². The predicted molar refractivity (Wildman–Crippen MR) is 94.9 cm³/mol. The third kappa shape index (κ3) is 6.57. The van der Waals surface area contributed by atoms with Crippen molar-refractivity contribution in [3.8, 4) is 0 Å². The molecule has 0 saturated heterocycles. The highest BCUT2D eigenvalue weighted by Gasteiger charge is 2.43. The van der Waals surface area contributed by atoms with Crippen molar-refractivity contribution in [2.24, 2.45) is 4.99 Å². The van der Waals surface area contributed by atoms with Crippen molar-refractivity contribution in [1.29, 1.82) is 0 Å². The van der Waals surface area contributed by atoms with Gasteiger partial charge in [-0.2, -0.15) is 13.2 Å². The number of rotatable bonds is 8. The molecule has 1 aromatic rings. The van der Waals surface area contributed by atoms with Gasteiger partial charge in [-0.15, -0.1) is 0 Å². The molecule has 1 aromatic carbocycles. The van der Waals surface area contributed by atoms with Crippen molar-refractivity contribution < 1.29 is 13.2 Å². The lowest BCUT2D eigenvalue weighted by atomic mass is 9.96. The first-order valence-electron chi connectivity index (χ1n) is 8.60. The molecule has 0 heterocycles. The summed E-state index contributed by atoms with van der Waals surface area (Å²) in [6.07, 6.45) is -1.21. The highest BCUT2D eigenvalue weighted by molar-refractivity contribution is 5.79. The molecule has 1 fully saturated rings. The van der Waals surface area contributed by atoms with E-state index in [0.717, 1.165) is 19.4 Å². The fourth-order valence-electron chi connectivity index (χ4n) is 2.92. The average molecular weight is 356 g/mol. The molecule has 2 rings (SSSR count). The maximum Gasteiger partial charge on any atom is 0.401 e. The molecule has 0 aliphatic heterocycles. The Morgan fingerprint density at radius 2 is 1.88 bits per heavy atom. The van der Waals surface area contributed by atoms with Crippen LogP contribution in [0.5, 0.6) is 0 Å². The van der Waals surface area contributed by atoms with Crippen LogP contribution < -0.4 is 10.6 Å². The van der Waals surface area contributed by atoms with E-state index in [0.29, 0.717) is 25.5 Å². The SMILES string of the molecule is CN=C(NCCCN(C)CC(F)(F)F)NCC1(c2ccccc2)CC1. The number of guanidine groups is 1. The highest BCUT2D eigenvalue weighted by atomic mass is 19.4. The van der Waals surface area contributed by atoms with Crippen LogP contribution in [0.4, 0.5) is 13.2 Å². The van der Waals surface area contributed by atoms with Gasteiger partial charge in [-0.1, -0.05) is 30.3 Å². The van der Waals surface area contributed by atoms with Gasteiger partial charge in [0.15, 0.2) is 5.96 Å². The second-order valence-corrected chi connectivity index (χ2v) is 6.71. The number of halogens is 3. The van der Waals surface area contributed by atoms with Crippen LogP contribution >= 0.6 is 0 Å². The Balaban J connectivity index is 1.68. The van der Waals surface area contributed by atoms with Gasteiger partial charge in [0.2, 0.25) is 0 Å². The molecule has 7 heteroatoms. The summed E-state index contributed by atoms with van der Waals surface area (Å²) in [5.41, 5.74) is 1.53. The zero-order valence-electron chi connectivity index (χ0n) is 14.9. The summed E-state index contributed by atoms with van der Waals surface area (Å²) in [5, 5.41) is 6.51. The molecule has 0 bridgehead atoms. The van der Waals surface area contributed by atoms with Crippen LogP contribution in [0.1, 0.15) is 24.8 Å². The normalized spacial score (nSPS) is 16.8. The Bertz CT molecular complexity index is 553. The molecular weight excluding hydrogens is 329 g/mol. The topological polar surface area (TPSA) is 39.7 Å². The summed E-state index contributed by atoms with van der Waals surface area (Å²) >= 11 is 0. The summed E-state index contributed by atoms with van der Waals surface area (Å²) in [6, 6.07) is 10.4. The van der Waals surface area contributed by atoms with Crippen LogP contribution in [0.25, 0.3) is 0 Å². The molecule has 0 aromatic heterocycles. The second-order valence-electron chi connectivity index (χ2n) is 6.71. The summed E-state index contributed by atoms with van der Waals surface area (Å²) in [6.45, 7) is 0.905. The molecule has 1 saturated carbocycles. The molecule has 0 unspecified atom stereocenters. The molecule has 4 nitrogen and oxygen atoms in total. The summed E-state index contributed by atoms with van der Waals surface area (Å²) in [4.78, 5) is 5.47. The van der Waals surface area contributed by atoms with Crippen molar-refractivity contribution in [1.82, 2.24) is 15.5 Å². The summed E-state index contributed by atoms with van der Waals surface area (Å²) in [5.74, 6) is 0.695. The molecule has 0 amide bonds. The van der Waals surface area contributed by atoms with Gasteiger partial charge in [-0.05, 0) is 38.4 Å². The molecule has 0 radical (unpaired) electrons. The average Bonchev–Trinajstić information content (AvgIpc) is 3.34. The van der Waals surface area contributed by atoms with E-state index < -0.39 is 12.7 Å². The number of nitrogens with one attached hydrogen (secondary N) is 2. The second kappa shape index (κ2) is 8.56. The molecule has 0 atom stereocenters. The standard InChI is InChI=1S/C18H27F3N4/c1-22-16(23-11-6-12-25(2)14-18(19,20)21)24-13-17(9-10-17)15-7-4-3-5-8-15/h3-5,7-8H,6,9-14H2,1-2H3,(H2,22,23,24). The fourth-order valence-corrected chi connectivity index (χ4v) is 2.92. The van der Waals surface area contributed by atoms with Gasteiger partial charge >= 0.3 is 6.18 Å². The maximum absolute atomic E-state index is 12.3. The zero-order chi connectivity index (χ0) is 18.3. The number of hydrogen-bond acceptors (Lipinski definition) is 2. The van der Waals surface area contributed by atoms with E-state index in [1.807, 2.05) is 6.07 Å². The van der Waals surface area contributed by atoms with E-state index in [1.165, 1.54) is 17.5 Å². The monoisotopic (exact) mass is 356 g/mol. The Hall–Kier alpha value is -1.76. The van der Waals surface area contributed by atoms with E-state index >= 15 is 0 Å². The van der Waals surface area contributed by atoms with Crippen LogP contribution in [0, 0.1) is 0 Å². The lowest BCUT2D eigenvalue weighted by Crippen LogP contribution is -2.42. The van der Waals surface area contributed by atoms with Crippen LogP contribution in [0.15, 0.2) is 35.3 Å². The van der Waals surface area contributed by atoms with Crippen molar-refractivity contribution in [3.63, 3.8) is 0 Å². The van der Waals surface area contributed by atoms with Crippen LogP contribution in [-0.4, -0.2) is 57.3 Å². The smallest absolute Gasteiger partial charge is 0.356 e. The van der Waals surface area contributed by atoms with Crippen molar-refractivity contribution in [2.75, 3.05) is 40.3 Å². The third-order valence-electron chi connectivity index (χ3n) is 4.52. The summed E-state index contributed by atoms with van der Waals surface area (Å²) in [7, 11) is 3.18. The predicted octanol–water partition coefficient (Wildman–Crippen LogP) is 2.77. The quantitative estimate of drug-likeness (QED) is 0.427. The van der Waals surface area contributed by atoms with Gasteiger partial charge in [0.1, 0.15) is 0 Å². The van der Waals surface area contributed by atoms with Crippen molar-refractivity contribution >= 4 is 5.96 Å². The Morgan fingerprint density at radius 1 is 1.20 bits per heavy atom. The molecule has 140 valence electrons. The first-order chi connectivity index (χ1) is 11.8. The van der Waals surface area contributed by atoms with Gasteiger partial charge in [-0.3, -0.25) is 9.89 Å². The van der Waals surface area contributed by atoms with Gasteiger partial charge in [0, 0.05) is 25.6 Å². The number of aliphatic imine (C=N–C) groups is 1. The van der Waals surface area contributed by atoms with Crippen LogP contribution in [0.2, 0.25) is 0 Å². The third-order valence-corrected chi connectivity index (χ3v) is 4.52. The minimum absolute atomic E-state index is 0.186. The maximum atomic E-state index is 12.3. The van der Waals surface area contributed by atoms with Crippen molar-refractivity contribution in [2.45, 2.75) is 30.9 Å². The van der Waals surface area contributed by atoms with E-state index in [9.17, 15) is 13.2 Å². The zero-order valence-corrected chi connectivity index (χ0v) is 14.9. The van der Waals surface area contributed by atoms with Gasteiger partial charge in [0.25, 0.3) is 0 Å².